The third-order valence-electron chi connectivity index (χ3n) is 7.19. The summed E-state index contributed by atoms with van der Waals surface area (Å²) in [5.74, 6) is 0. The molecular formula is C29H29N3OS. The zero-order valence-corrected chi connectivity index (χ0v) is 20.3. The topological polar surface area (TPSA) is 37.3 Å². The second-order valence-electron chi connectivity index (χ2n) is 9.18. The van der Waals surface area contributed by atoms with E-state index < -0.39 is 0 Å². The number of hydrogen-bond donors (Lipinski definition) is 1. The molecule has 1 aliphatic carbocycles. The minimum absolute atomic E-state index is 0.0499. The summed E-state index contributed by atoms with van der Waals surface area (Å²) in [6, 6.07) is 22.6. The number of aromatic nitrogens is 1. The van der Waals surface area contributed by atoms with Gasteiger partial charge in [0.05, 0.1) is 18.3 Å². The van der Waals surface area contributed by atoms with Crippen molar-refractivity contribution in [3.05, 3.63) is 106 Å². The van der Waals surface area contributed by atoms with E-state index in [4.69, 9.17) is 0 Å². The van der Waals surface area contributed by atoms with Crippen LogP contribution in [0.1, 0.15) is 58.6 Å². The van der Waals surface area contributed by atoms with Crippen molar-refractivity contribution in [3.8, 4) is 5.00 Å². The van der Waals surface area contributed by atoms with Gasteiger partial charge in [0.2, 0.25) is 0 Å². The monoisotopic (exact) mass is 467 g/mol. The molecule has 4 aromatic rings. The summed E-state index contributed by atoms with van der Waals surface area (Å²) < 4.78 is 2.34. The first-order valence-corrected chi connectivity index (χ1v) is 13.1. The van der Waals surface area contributed by atoms with Crippen molar-refractivity contribution in [2.45, 2.75) is 51.6 Å². The maximum Gasteiger partial charge on any atom is 0.322 e. The highest BCUT2D eigenvalue weighted by atomic mass is 32.1. The number of benzene rings is 2. The van der Waals surface area contributed by atoms with Crippen molar-refractivity contribution < 1.29 is 4.79 Å². The van der Waals surface area contributed by atoms with Crippen LogP contribution in [0.3, 0.4) is 0 Å². The van der Waals surface area contributed by atoms with Crippen LogP contribution in [-0.4, -0.2) is 15.5 Å². The molecule has 2 aliphatic rings. The lowest BCUT2D eigenvalue weighted by molar-refractivity contribution is 0.194. The molecule has 0 saturated heterocycles. The van der Waals surface area contributed by atoms with E-state index in [1.165, 1.54) is 33.8 Å². The number of nitrogens with one attached hydrogen (secondary N) is 1. The predicted octanol–water partition coefficient (Wildman–Crippen LogP) is 7.12. The third-order valence-corrected chi connectivity index (χ3v) is 8.53. The van der Waals surface area contributed by atoms with E-state index >= 15 is 0 Å². The van der Waals surface area contributed by atoms with Gasteiger partial charge in [-0.05, 0) is 67.0 Å². The number of urea groups is 1. The first-order chi connectivity index (χ1) is 16.7. The molecule has 2 aromatic heterocycles. The van der Waals surface area contributed by atoms with E-state index in [2.05, 4.69) is 65.5 Å². The number of thiophene rings is 1. The Kier molecular flexibility index (Phi) is 5.50. The number of amides is 2. The number of aryl methyl sites for hydroxylation is 2. The van der Waals surface area contributed by atoms with Crippen LogP contribution in [-0.2, 0) is 25.8 Å². The van der Waals surface area contributed by atoms with Crippen LogP contribution >= 0.6 is 11.3 Å². The Morgan fingerprint density at radius 2 is 1.76 bits per heavy atom. The number of anilines is 1. The van der Waals surface area contributed by atoms with Crippen molar-refractivity contribution >= 4 is 23.1 Å². The number of nitrogens with zero attached hydrogens (tertiary/aromatic N) is 2. The lowest BCUT2D eigenvalue weighted by Gasteiger charge is -2.31. The molecule has 172 valence electrons. The van der Waals surface area contributed by atoms with Crippen molar-refractivity contribution in [1.29, 1.82) is 0 Å². The molecule has 3 heterocycles. The molecule has 2 amide bonds. The van der Waals surface area contributed by atoms with E-state index in [1.54, 1.807) is 0 Å². The Morgan fingerprint density at radius 3 is 2.62 bits per heavy atom. The van der Waals surface area contributed by atoms with E-state index in [1.807, 2.05) is 40.5 Å². The Hall–Kier alpha value is -3.31. The summed E-state index contributed by atoms with van der Waals surface area (Å²) in [4.78, 5) is 17.6. The number of fused-ring (bicyclic) bond motifs is 5. The lowest BCUT2D eigenvalue weighted by atomic mass is 9.95. The molecule has 5 heteroatoms. The third kappa shape index (κ3) is 3.55. The molecule has 6 rings (SSSR count). The zero-order chi connectivity index (χ0) is 23.1. The normalized spacial score (nSPS) is 16.9. The molecule has 34 heavy (non-hydrogen) atoms. The predicted molar refractivity (Wildman–Crippen MR) is 139 cm³/mol. The molecule has 0 saturated carbocycles. The average Bonchev–Trinajstić information content (AvgIpc) is 3.46. The highest BCUT2D eigenvalue weighted by Gasteiger charge is 2.36. The highest BCUT2D eigenvalue weighted by Crippen LogP contribution is 2.44. The summed E-state index contributed by atoms with van der Waals surface area (Å²) in [5.41, 5.74) is 7.13. The van der Waals surface area contributed by atoms with Gasteiger partial charge in [0.25, 0.3) is 0 Å². The van der Waals surface area contributed by atoms with Crippen LogP contribution in [0.25, 0.3) is 5.00 Å². The van der Waals surface area contributed by atoms with E-state index in [0.717, 1.165) is 41.8 Å². The fourth-order valence-corrected chi connectivity index (χ4v) is 6.91. The largest absolute Gasteiger partial charge is 0.322 e. The fourth-order valence-electron chi connectivity index (χ4n) is 5.51. The minimum atomic E-state index is -0.163. The molecule has 1 atom stereocenters. The van der Waals surface area contributed by atoms with Gasteiger partial charge >= 0.3 is 6.03 Å². The summed E-state index contributed by atoms with van der Waals surface area (Å²) in [6.45, 7) is 2.74. The van der Waals surface area contributed by atoms with E-state index in [0.29, 0.717) is 6.54 Å². The zero-order valence-electron chi connectivity index (χ0n) is 19.5. The Balaban J connectivity index is 1.49. The van der Waals surface area contributed by atoms with Gasteiger partial charge in [0.15, 0.2) is 0 Å². The van der Waals surface area contributed by atoms with Crippen molar-refractivity contribution in [2.24, 2.45) is 0 Å². The van der Waals surface area contributed by atoms with E-state index in [9.17, 15) is 4.79 Å². The SMILES string of the molecule is CCc1ccccc1NC(=O)N1Cc2c(sc3c2CCCC3)-n2cccc2[C@@H]1c1ccccc1. The molecule has 0 radical (unpaired) electrons. The molecule has 1 aliphatic heterocycles. The standard InChI is InChI=1S/C29H29N3OS/c1-2-20-11-6-8-15-24(20)30-29(33)32-19-23-22-14-7-9-17-26(22)34-28(23)31-18-10-16-25(31)27(32)21-12-4-3-5-13-21/h3-6,8,10-13,15-16,18,27H,2,7,9,14,17,19H2,1H3,(H,30,33)/t27-/m0/s1. The van der Waals surface area contributed by atoms with Crippen LogP contribution in [0.15, 0.2) is 72.9 Å². The van der Waals surface area contributed by atoms with Crippen LogP contribution in [0.2, 0.25) is 0 Å². The molecule has 4 nitrogen and oxygen atoms in total. The van der Waals surface area contributed by atoms with Gasteiger partial charge in [0, 0.05) is 22.3 Å². The number of rotatable bonds is 3. The molecule has 0 spiro atoms. The van der Waals surface area contributed by atoms with Gasteiger partial charge in [-0.1, -0.05) is 55.5 Å². The number of hydrogen-bond acceptors (Lipinski definition) is 2. The smallest absolute Gasteiger partial charge is 0.310 e. The molecule has 0 fully saturated rings. The summed E-state index contributed by atoms with van der Waals surface area (Å²) in [6.07, 6.45) is 7.80. The van der Waals surface area contributed by atoms with Gasteiger partial charge in [-0.2, -0.15) is 0 Å². The highest BCUT2D eigenvalue weighted by molar-refractivity contribution is 7.15. The number of carbonyl (C=O) groups is 1. The van der Waals surface area contributed by atoms with Gasteiger partial charge in [-0.15, -0.1) is 11.3 Å². The minimum Gasteiger partial charge on any atom is -0.310 e. The van der Waals surface area contributed by atoms with Crippen LogP contribution in [0.5, 0.6) is 0 Å². The molecule has 0 bridgehead atoms. The Morgan fingerprint density at radius 1 is 0.971 bits per heavy atom. The number of para-hydroxylation sites is 1. The molecule has 1 N–H and O–H groups in total. The molecule has 0 unspecified atom stereocenters. The van der Waals surface area contributed by atoms with Gasteiger partial charge in [0.1, 0.15) is 5.00 Å². The van der Waals surface area contributed by atoms with Crippen molar-refractivity contribution in [3.63, 3.8) is 0 Å². The Bertz CT molecular complexity index is 1340. The van der Waals surface area contributed by atoms with Crippen LogP contribution in [0.4, 0.5) is 10.5 Å². The van der Waals surface area contributed by atoms with Gasteiger partial charge in [-0.3, -0.25) is 0 Å². The maximum absolute atomic E-state index is 14.0. The van der Waals surface area contributed by atoms with E-state index in [-0.39, 0.29) is 12.1 Å². The number of carbonyl (C=O) groups excluding carboxylic acids is 1. The summed E-state index contributed by atoms with van der Waals surface area (Å²) in [7, 11) is 0. The fraction of sp³-hybridized carbons (Fsp3) is 0.276. The van der Waals surface area contributed by atoms with Gasteiger partial charge < -0.3 is 14.8 Å². The quantitative estimate of drug-likeness (QED) is 0.342. The van der Waals surface area contributed by atoms with Crippen molar-refractivity contribution in [1.82, 2.24) is 9.47 Å². The Labute approximate surface area is 204 Å². The molecule has 2 aromatic carbocycles. The lowest BCUT2D eigenvalue weighted by Crippen LogP contribution is -2.38. The summed E-state index contributed by atoms with van der Waals surface area (Å²) >= 11 is 1.92. The maximum atomic E-state index is 14.0. The molecular weight excluding hydrogens is 438 g/mol. The van der Waals surface area contributed by atoms with Crippen LogP contribution < -0.4 is 5.32 Å². The summed E-state index contributed by atoms with van der Waals surface area (Å²) in [5, 5.41) is 4.55. The van der Waals surface area contributed by atoms with Gasteiger partial charge in [-0.25, -0.2) is 4.79 Å². The first kappa shape index (κ1) is 21.2. The van der Waals surface area contributed by atoms with Crippen molar-refractivity contribution in [2.75, 3.05) is 5.32 Å². The second-order valence-corrected chi connectivity index (χ2v) is 10.3. The first-order valence-electron chi connectivity index (χ1n) is 12.3. The average molecular weight is 468 g/mol. The second kappa shape index (κ2) is 8.80. The van der Waals surface area contributed by atoms with Crippen LogP contribution in [0, 0.1) is 0 Å².